The van der Waals surface area contributed by atoms with Crippen molar-refractivity contribution in [2.45, 2.75) is 59.5 Å². The van der Waals surface area contributed by atoms with Crippen LogP contribution >= 0.6 is 11.3 Å². The number of nitrogens with two attached hydrogens (primary N) is 1. The van der Waals surface area contributed by atoms with Gasteiger partial charge in [0.15, 0.2) is 6.10 Å². The van der Waals surface area contributed by atoms with Crippen LogP contribution < -0.4 is 15.8 Å². The van der Waals surface area contributed by atoms with Gasteiger partial charge in [-0.25, -0.2) is 0 Å². The van der Waals surface area contributed by atoms with E-state index in [2.05, 4.69) is 12.2 Å². The second kappa shape index (κ2) is 8.35. The third kappa shape index (κ3) is 4.22. The number of carbonyl (C=O) groups is 2. The monoisotopic (exact) mass is 400 g/mol. The van der Waals surface area contributed by atoms with Gasteiger partial charge >= 0.3 is 0 Å². The van der Waals surface area contributed by atoms with Crippen LogP contribution in [-0.4, -0.2) is 17.9 Å². The van der Waals surface area contributed by atoms with Gasteiger partial charge in [0.2, 0.25) is 0 Å². The van der Waals surface area contributed by atoms with E-state index in [1.807, 2.05) is 39.0 Å². The summed E-state index contributed by atoms with van der Waals surface area (Å²) in [5, 5.41) is 3.47. The molecule has 1 aromatic carbocycles. The van der Waals surface area contributed by atoms with E-state index in [9.17, 15) is 9.59 Å². The molecule has 0 saturated heterocycles. The fourth-order valence-electron chi connectivity index (χ4n) is 3.57. The smallest absolute Gasteiger partial charge is 0.266 e. The van der Waals surface area contributed by atoms with E-state index >= 15 is 0 Å². The number of anilines is 1. The van der Waals surface area contributed by atoms with Crippen LogP contribution in [-0.2, 0) is 17.6 Å². The number of hydrogen-bond acceptors (Lipinski definition) is 4. The highest BCUT2D eigenvalue weighted by atomic mass is 32.1. The van der Waals surface area contributed by atoms with E-state index in [0.29, 0.717) is 28.7 Å². The van der Waals surface area contributed by atoms with Gasteiger partial charge in [0.25, 0.3) is 11.8 Å². The standard InChI is InChI=1S/C22H28N2O3S/c1-5-17(27-15-8-7-13(3)14(4)11-15)21(26)24-22-19(20(23)25)16-9-6-12(2)10-18(16)28-22/h7-8,11-12,17H,5-6,9-10H2,1-4H3,(H2,23,25)(H,24,26)/t12-,17-/m1/s1. The second-order valence-corrected chi connectivity index (χ2v) is 8.78. The molecular weight excluding hydrogens is 372 g/mol. The van der Waals surface area contributed by atoms with Crippen molar-refractivity contribution in [3.8, 4) is 5.75 Å². The summed E-state index contributed by atoms with van der Waals surface area (Å²) in [6, 6.07) is 5.79. The van der Waals surface area contributed by atoms with Gasteiger partial charge in [0, 0.05) is 4.88 Å². The maximum Gasteiger partial charge on any atom is 0.266 e. The minimum atomic E-state index is -0.638. The number of thiophene rings is 1. The molecule has 0 radical (unpaired) electrons. The summed E-state index contributed by atoms with van der Waals surface area (Å²) in [6.45, 7) is 8.16. The fraction of sp³-hybridized carbons (Fsp3) is 0.455. The lowest BCUT2D eigenvalue weighted by Gasteiger charge is -2.18. The molecule has 0 aliphatic heterocycles. The molecule has 5 nitrogen and oxygen atoms in total. The maximum absolute atomic E-state index is 12.9. The summed E-state index contributed by atoms with van der Waals surface area (Å²) in [6.07, 6.45) is 2.67. The highest BCUT2D eigenvalue weighted by Gasteiger charge is 2.29. The van der Waals surface area contributed by atoms with E-state index in [1.165, 1.54) is 16.9 Å². The molecule has 0 fully saturated rings. The molecule has 1 aliphatic rings. The molecule has 0 unspecified atom stereocenters. The predicted molar refractivity (Wildman–Crippen MR) is 113 cm³/mol. The lowest BCUT2D eigenvalue weighted by molar-refractivity contribution is -0.122. The largest absolute Gasteiger partial charge is 0.481 e. The second-order valence-electron chi connectivity index (χ2n) is 7.67. The Balaban J connectivity index is 1.80. The number of carbonyl (C=O) groups excluding carboxylic acids is 2. The highest BCUT2D eigenvalue weighted by molar-refractivity contribution is 7.17. The molecule has 0 bridgehead atoms. The van der Waals surface area contributed by atoms with Gasteiger partial charge in [-0.3, -0.25) is 9.59 Å². The number of ether oxygens (including phenoxy) is 1. The number of benzene rings is 1. The Labute approximate surface area is 170 Å². The normalized spacial score (nSPS) is 16.9. The van der Waals surface area contributed by atoms with Crippen molar-refractivity contribution in [1.29, 1.82) is 0 Å². The van der Waals surface area contributed by atoms with Crippen molar-refractivity contribution in [3.05, 3.63) is 45.3 Å². The molecule has 3 rings (SSSR count). The molecule has 2 atom stereocenters. The molecule has 28 heavy (non-hydrogen) atoms. The zero-order chi connectivity index (χ0) is 20.4. The first kappa shape index (κ1) is 20.4. The van der Waals surface area contributed by atoms with E-state index in [4.69, 9.17) is 10.5 Å². The minimum Gasteiger partial charge on any atom is -0.481 e. The minimum absolute atomic E-state index is 0.255. The van der Waals surface area contributed by atoms with Crippen molar-refractivity contribution in [2.75, 3.05) is 5.32 Å². The van der Waals surface area contributed by atoms with Crippen LogP contribution in [0.2, 0.25) is 0 Å². The van der Waals surface area contributed by atoms with Crippen molar-refractivity contribution >= 4 is 28.2 Å². The maximum atomic E-state index is 12.9. The average molecular weight is 401 g/mol. The quantitative estimate of drug-likeness (QED) is 0.755. The van der Waals surface area contributed by atoms with Crippen molar-refractivity contribution in [2.24, 2.45) is 11.7 Å². The summed E-state index contributed by atoms with van der Waals surface area (Å²) in [4.78, 5) is 26.1. The van der Waals surface area contributed by atoms with Crippen molar-refractivity contribution in [1.82, 2.24) is 0 Å². The first-order valence-corrected chi connectivity index (χ1v) is 10.6. The molecule has 0 spiro atoms. The number of amides is 2. The molecule has 150 valence electrons. The Bertz CT molecular complexity index is 903. The number of rotatable bonds is 6. The average Bonchev–Trinajstić information content (AvgIpc) is 2.99. The highest BCUT2D eigenvalue weighted by Crippen LogP contribution is 2.39. The third-order valence-corrected chi connectivity index (χ3v) is 6.58. The van der Waals surface area contributed by atoms with E-state index in [0.717, 1.165) is 35.3 Å². The summed E-state index contributed by atoms with van der Waals surface area (Å²) in [5.74, 6) is 0.506. The van der Waals surface area contributed by atoms with Crippen LogP contribution in [0.4, 0.5) is 5.00 Å². The Morgan fingerprint density at radius 1 is 1.32 bits per heavy atom. The van der Waals surface area contributed by atoms with Gasteiger partial charge in [-0.15, -0.1) is 11.3 Å². The SMILES string of the molecule is CC[C@@H](Oc1ccc(C)c(C)c1)C(=O)Nc1sc2c(c1C(N)=O)CC[C@@H](C)C2. The predicted octanol–water partition coefficient (Wildman–Crippen LogP) is 4.38. The summed E-state index contributed by atoms with van der Waals surface area (Å²) < 4.78 is 5.93. The third-order valence-electron chi connectivity index (χ3n) is 5.41. The van der Waals surface area contributed by atoms with Crippen LogP contribution in [0.5, 0.6) is 5.75 Å². The number of aryl methyl sites for hydroxylation is 2. The molecule has 3 N–H and O–H groups in total. The van der Waals surface area contributed by atoms with E-state index in [-0.39, 0.29) is 5.91 Å². The Morgan fingerprint density at radius 2 is 2.07 bits per heavy atom. The Kier molecular flexibility index (Phi) is 6.08. The fourth-order valence-corrected chi connectivity index (χ4v) is 4.98. The first-order chi connectivity index (χ1) is 13.3. The van der Waals surface area contributed by atoms with Gasteiger partial charge in [-0.05, 0) is 74.3 Å². The van der Waals surface area contributed by atoms with Crippen LogP contribution in [0.15, 0.2) is 18.2 Å². The van der Waals surface area contributed by atoms with Gasteiger partial charge in [0.1, 0.15) is 10.8 Å². The van der Waals surface area contributed by atoms with Crippen LogP contribution in [0.25, 0.3) is 0 Å². The first-order valence-electron chi connectivity index (χ1n) is 9.79. The van der Waals surface area contributed by atoms with Gasteiger partial charge < -0.3 is 15.8 Å². The summed E-state index contributed by atoms with van der Waals surface area (Å²) in [5.41, 5.74) is 9.41. The zero-order valence-electron chi connectivity index (χ0n) is 16.9. The number of primary amides is 1. The Morgan fingerprint density at radius 3 is 2.71 bits per heavy atom. The van der Waals surface area contributed by atoms with Crippen LogP contribution in [0, 0.1) is 19.8 Å². The van der Waals surface area contributed by atoms with Crippen molar-refractivity contribution in [3.63, 3.8) is 0 Å². The lowest BCUT2D eigenvalue weighted by Crippen LogP contribution is -2.32. The molecule has 0 saturated carbocycles. The van der Waals surface area contributed by atoms with Crippen LogP contribution in [0.1, 0.15) is 58.6 Å². The summed E-state index contributed by atoms with van der Waals surface area (Å²) in [7, 11) is 0. The Hall–Kier alpha value is -2.34. The van der Waals surface area contributed by atoms with Gasteiger partial charge in [-0.2, -0.15) is 0 Å². The number of nitrogens with one attached hydrogen (secondary N) is 1. The van der Waals surface area contributed by atoms with Gasteiger partial charge in [0.05, 0.1) is 5.56 Å². The van der Waals surface area contributed by atoms with E-state index < -0.39 is 12.0 Å². The molecule has 1 aromatic heterocycles. The van der Waals surface area contributed by atoms with Crippen LogP contribution in [0.3, 0.4) is 0 Å². The molecular formula is C22H28N2O3S. The molecule has 2 aromatic rings. The molecule has 1 aliphatic carbocycles. The summed E-state index contributed by atoms with van der Waals surface area (Å²) >= 11 is 1.47. The topological polar surface area (TPSA) is 81.4 Å². The van der Waals surface area contributed by atoms with Gasteiger partial charge in [-0.1, -0.05) is 19.9 Å². The number of hydrogen-bond donors (Lipinski definition) is 2. The molecule has 6 heteroatoms. The van der Waals surface area contributed by atoms with E-state index in [1.54, 1.807) is 0 Å². The zero-order valence-corrected chi connectivity index (χ0v) is 17.7. The lowest BCUT2D eigenvalue weighted by atomic mass is 9.88. The number of fused-ring (bicyclic) bond motifs is 1. The molecule has 1 heterocycles. The van der Waals surface area contributed by atoms with Crippen molar-refractivity contribution < 1.29 is 14.3 Å². The molecule has 2 amide bonds.